The van der Waals surface area contributed by atoms with Crippen LogP contribution in [0.1, 0.15) is 18.9 Å². The van der Waals surface area contributed by atoms with Gasteiger partial charge in [-0.15, -0.1) is 0 Å². The molecule has 0 aliphatic carbocycles. The molecule has 1 saturated heterocycles. The number of sulfonamides is 1. The molecule has 6 nitrogen and oxygen atoms in total. The Labute approximate surface area is 154 Å². The molecule has 4 rings (SSSR count). The molecule has 1 aliphatic rings. The van der Waals surface area contributed by atoms with Crippen molar-refractivity contribution in [1.82, 2.24) is 18.8 Å². The second-order valence-electron chi connectivity index (χ2n) is 6.09. The van der Waals surface area contributed by atoms with Crippen LogP contribution in [0.4, 0.5) is 0 Å². The smallest absolute Gasteiger partial charge is 0.243 e. The van der Waals surface area contributed by atoms with Crippen LogP contribution in [0.3, 0.4) is 0 Å². The van der Waals surface area contributed by atoms with Crippen molar-refractivity contribution in [2.45, 2.75) is 23.8 Å². The minimum absolute atomic E-state index is 0.219. The van der Waals surface area contributed by atoms with E-state index in [1.807, 2.05) is 12.1 Å². The summed E-state index contributed by atoms with van der Waals surface area (Å²) >= 11 is 3.33. The number of halogens is 1. The van der Waals surface area contributed by atoms with Crippen LogP contribution in [-0.4, -0.2) is 40.3 Å². The molecule has 0 bridgehead atoms. The Morgan fingerprint density at radius 2 is 1.76 bits per heavy atom. The third kappa shape index (κ3) is 3.09. The van der Waals surface area contributed by atoms with Crippen molar-refractivity contribution >= 4 is 37.1 Å². The molecular weight excluding hydrogens is 404 g/mol. The van der Waals surface area contributed by atoms with Crippen molar-refractivity contribution in [1.29, 1.82) is 0 Å². The Morgan fingerprint density at radius 3 is 2.48 bits per heavy atom. The number of aromatic nitrogens is 3. The minimum atomic E-state index is -3.44. The van der Waals surface area contributed by atoms with E-state index in [1.165, 1.54) is 0 Å². The van der Waals surface area contributed by atoms with E-state index in [9.17, 15) is 8.42 Å². The van der Waals surface area contributed by atoms with Gasteiger partial charge < -0.3 is 4.57 Å². The molecule has 0 unspecified atom stereocenters. The van der Waals surface area contributed by atoms with Gasteiger partial charge in [0.2, 0.25) is 10.0 Å². The summed E-state index contributed by atoms with van der Waals surface area (Å²) in [7, 11) is -3.44. The van der Waals surface area contributed by atoms with Crippen molar-refractivity contribution in [3.8, 4) is 0 Å². The number of fused-ring (bicyclic) bond motifs is 1. The highest BCUT2D eigenvalue weighted by Gasteiger charge is 2.30. The topological polar surface area (TPSA) is 68.1 Å². The fourth-order valence-corrected chi connectivity index (χ4v) is 4.98. The molecule has 1 aliphatic heterocycles. The zero-order valence-corrected chi connectivity index (χ0v) is 15.8. The largest absolute Gasteiger partial charge is 0.312 e. The number of benzene rings is 1. The first-order chi connectivity index (χ1) is 12.1. The van der Waals surface area contributed by atoms with Crippen molar-refractivity contribution in [3.63, 3.8) is 0 Å². The Hall–Kier alpha value is -1.77. The summed E-state index contributed by atoms with van der Waals surface area (Å²) < 4.78 is 30.1. The van der Waals surface area contributed by atoms with Crippen LogP contribution in [0.15, 0.2) is 58.3 Å². The summed E-state index contributed by atoms with van der Waals surface area (Å²) in [5, 5.41) is 0. The summed E-state index contributed by atoms with van der Waals surface area (Å²) in [5.74, 6) is 0. The van der Waals surface area contributed by atoms with Crippen LogP contribution in [0.25, 0.3) is 11.2 Å². The molecule has 0 amide bonds. The standard InChI is InChI=1S/C17H17BrN4O2S/c18-13-3-5-15(6-4-13)25(23,24)21-10-7-14(8-11-21)22-12-20-16-2-1-9-19-17(16)22/h1-6,9,12,14H,7-8,10-11H2. The van der Waals surface area contributed by atoms with Gasteiger partial charge in [-0.2, -0.15) is 4.31 Å². The van der Waals surface area contributed by atoms with Gasteiger partial charge in [0.05, 0.1) is 11.2 Å². The number of rotatable bonds is 3. The highest BCUT2D eigenvalue weighted by molar-refractivity contribution is 9.10. The summed E-state index contributed by atoms with van der Waals surface area (Å²) in [6, 6.07) is 10.8. The van der Waals surface area contributed by atoms with Crippen LogP contribution in [0, 0.1) is 0 Å². The molecule has 2 aromatic heterocycles. The Balaban J connectivity index is 1.52. The summed E-state index contributed by atoms with van der Waals surface area (Å²) in [5.41, 5.74) is 1.73. The third-order valence-corrected chi connectivity index (χ3v) is 7.04. The zero-order chi connectivity index (χ0) is 17.4. The monoisotopic (exact) mass is 420 g/mol. The van der Waals surface area contributed by atoms with Crippen molar-refractivity contribution in [3.05, 3.63) is 53.4 Å². The summed E-state index contributed by atoms with van der Waals surface area (Å²) in [6.07, 6.45) is 5.06. The van der Waals surface area contributed by atoms with Crippen molar-refractivity contribution in [2.75, 3.05) is 13.1 Å². The maximum absolute atomic E-state index is 12.8. The van der Waals surface area contributed by atoms with Gasteiger partial charge in [-0.3, -0.25) is 0 Å². The van der Waals surface area contributed by atoms with E-state index in [1.54, 1.807) is 41.1 Å². The van der Waals surface area contributed by atoms with E-state index in [2.05, 4.69) is 30.5 Å². The Kier molecular flexibility index (Phi) is 4.35. The number of piperidine rings is 1. The van der Waals surface area contributed by atoms with Gasteiger partial charge >= 0.3 is 0 Å². The third-order valence-electron chi connectivity index (χ3n) is 4.60. The molecule has 0 radical (unpaired) electrons. The van der Waals surface area contributed by atoms with Crippen LogP contribution in [0.5, 0.6) is 0 Å². The first kappa shape index (κ1) is 16.7. The van der Waals surface area contributed by atoms with Crippen LogP contribution in [0.2, 0.25) is 0 Å². The minimum Gasteiger partial charge on any atom is -0.312 e. The van der Waals surface area contributed by atoms with Gasteiger partial charge in [0.15, 0.2) is 5.65 Å². The fourth-order valence-electron chi connectivity index (χ4n) is 3.25. The molecule has 0 spiro atoms. The van der Waals surface area contributed by atoms with Gasteiger partial charge in [0, 0.05) is 29.8 Å². The molecule has 25 heavy (non-hydrogen) atoms. The van der Waals surface area contributed by atoms with Gasteiger partial charge in [0.1, 0.15) is 5.52 Å². The molecule has 1 aromatic carbocycles. The number of pyridine rings is 1. The molecule has 3 heterocycles. The lowest BCUT2D eigenvalue weighted by atomic mass is 10.1. The van der Waals surface area contributed by atoms with E-state index in [-0.39, 0.29) is 6.04 Å². The van der Waals surface area contributed by atoms with Crippen LogP contribution >= 0.6 is 15.9 Å². The maximum Gasteiger partial charge on any atom is 0.243 e. The van der Waals surface area contributed by atoms with E-state index in [0.29, 0.717) is 18.0 Å². The Bertz CT molecular complexity index is 993. The summed E-state index contributed by atoms with van der Waals surface area (Å²) in [6.45, 7) is 0.991. The first-order valence-corrected chi connectivity index (χ1v) is 10.3. The molecule has 8 heteroatoms. The second-order valence-corrected chi connectivity index (χ2v) is 8.94. The SMILES string of the molecule is O=S(=O)(c1ccc(Br)cc1)N1CCC(n2cnc3cccnc32)CC1. The second kappa shape index (κ2) is 6.51. The lowest BCUT2D eigenvalue weighted by molar-refractivity contribution is 0.276. The molecular formula is C17H17BrN4O2S. The number of hydrogen-bond donors (Lipinski definition) is 0. The van der Waals surface area contributed by atoms with E-state index in [0.717, 1.165) is 28.5 Å². The maximum atomic E-state index is 12.8. The van der Waals surface area contributed by atoms with Crippen LogP contribution in [-0.2, 0) is 10.0 Å². The molecule has 0 saturated carbocycles. The summed E-state index contributed by atoms with van der Waals surface area (Å²) in [4.78, 5) is 9.12. The molecule has 1 fully saturated rings. The Morgan fingerprint density at radius 1 is 1.04 bits per heavy atom. The van der Waals surface area contributed by atoms with Gasteiger partial charge in [0.25, 0.3) is 0 Å². The predicted octanol–water partition coefficient (Wildman–Crippen LogP) is 3.22. The molecule has 0 N–H and O–H groups in total. The molecule has 0 atom stereocenters. The first-order valence-electron chi connectivity index (χ1n) is 8.09. The van der Waals surface area contributed by atoms with E-state index < -0.39 is 10.0 Å². The quantitative estimate of drug-likeness (QED) is 0.652. The highest BCUT2D eigenvalue weighted by Crippen LogP contribution is 2.29. The van der Waals surface area contributed by atoms with Crippen molar-refractivity contribution in [2.24, 2.45) is 0 Å². The predicted molar refractivity (Wildman–Crippen MR) is 98.7 cm³/mol. The zero-order valence-electron chi connectivity index (χ0n) is 13.4. The lowest BCUT2D eigenvalue weighted by Gasteiger charge is -2.31. The average molecular weight is 421 g/mol. The van der Waals surface area contributed by atoms with E-state index in [4.69, 9.17) is 0 Å². The number of hydrogen-bond acceptors (Lipinski definition) is 4. The van der Waals surface area contributed by atoms with Crippen LogP contribution < -0.4 is 0 Å². The van der Waals surface area contributed by atoms with Gasteiger partial charge in [-0.05, 0) is 49.2 Å². The van der Waals surface area contributed by atoms with E-state index >= 15 is 0 Å². The molecule has 130 valence electrons. The fraction of sp³-hybridized carbons (Fsp3) is 0.294. The molecule has 3 aromatic rings. The van der Waals surface area contributed by atoms with Gasteiger partial charge in [-0.25, -0.2) is 18.4 Å². The number of imidazole rings is 1. The number of nitrogens with zero attached hydrogens (tertiary/aromatic N) is 4. The average Bonchev–Trinajstić information content (AvgIpc) is 3.06. The van der Waals surface area contributed by atoms with Gasteiger partial charge in [-0.1, -0.05) is 15.9 Å². The van der Waals surface area contributed by atoms with Crippen molar-refractivity contribution < 1.29 is 8.42 Å². The lowest BCUT2D eigenvalue weighted by Crippen LogP contribution is -2.38. The highest BCUT2D eigenvalue weighted by atomic mass is 79.9. The normalized spacial score (nSPS) is 17.2.